The lowest BCUT2D eigenvalue weighted by Gasteiger charge is -1.99. The van der Waals surface area contributed by atoms with Gasteiger partial charge in [0.1, 0.15) is 10.0 Å². The van der Waals surface area contributed by atoms with Crippen molar-refractivity contribution in [3.63, 3.8) is 0 Å². The maximum atomic E-state index is 6.16. The molecular weight excluding hydrogens is 301 g/mol. The zero-order valence-corrected chi connectivity index (χ0v) is 12.9. The molecule has 0 saturated heterocycles. The number of benzene rings is 1. The first-order valence-corrected chi connectivity index (χ1v) is 7.76. The Balaban J connectivity index is 2.04. The summed E-state index contributed by atoms with van der Waals surface area (Å²) in [6.45, 7) is 4.11. The lowest BCUT2D eigenvalue weighted by molar-refractivity contribution is 0.669. The average Bonchev–Trinajstić information content (AvgIpc) is 2.83. The summed E-state index contributed by atoms with van der Waals surface area (Å²) >= 11 is 13.6. The summed E-state index contributed by atoms with van der Waals surface area (Å²) in [6, 6.07) is 5.42. The molecule has 1 aromatic heterocycles. The molecular formula is C13H15Cl2N3S. The van der Waals surface area contributed by atoms with Gasteiger partial charge in [0.2, 0.25) is 0 Å². The van der Waals surface area contributed by atoms with Gasteiger partial charge in [-0.2, -0.15) is 0 Å². The highest BCUT2D eigenvalue weighted by atomic mass is 35.5. The van der Waals surface area contributed by atoms with Gasteiger partial charge in [-0.1, -0.05) is 41.5 Å². The van der Waals surface area contributed by atoms with Gasteiger partial charge in [0, 0.05) is 17.0 Å². The Labute approximate surface area is 127 Å². The minimum atomic E-state index is 0.614. The molecule has 2 rings (SSSR count). The van der Waals surface area contributed by atoms with Crippen molar-refractivity contribution >= 4 is 34.5 Å². The van der Waals surface area contributed by atoms with Crippen LogP contribution in [-0.2, 0) is 6.42 Å². The van der Waals surface area contributed by atoms with Crippen molar-refractivity contribution < 1.29 is 0 Å². The van der Waals surface area contributed by atoms with Gasteiger partial charge in [0.05, 0.1) is 5.02 Å². The molecule has 0 atom stereocenters. The molecule has 1 N–H and O–H groups in total. The summed E-state index contributed by atoms with van der Waals surface area (Å²) in [4.78, 5) is 0. The normalized spacial score (nSPS) is 10.9. The average molecular weight is 316 g/mol. The molecule has 0 aliphatic carbocycles. The first kappa shape index (κ1) is 14.7. The molecule has 3 nitrogen and oxygen atoms in total. The van der Waals surface area contributed by atoms with Gasteiger partial charge >= 0.3 is 0 Å². The van der Waals surface area contributed by atoms with E-state index in [1.165, 1.54) is 0 Å². The Morgan fingerprint density at radius 1 is 1.26 bits per heavy atom. The van der Waals surface area contributed by atoms with E-state index in [0.29, 0.717) is 10.0 Å². The monoisotopic (exact) mass is 315 g/mol. The molecule has 0 unspecified atom stereocenters. The third-order valence-electron chi connectivity index (χ3n) is 2.62. The molecule has 0 aliphatic heterocycles. The number of hydrogen-bond donors (Lipinski definition) is 1. The number of nitrogens with one attached hydrogen (secondary N) is 1. The van der Waals surface area contributed by atoms with E-state index in [9.17, 15) is 0 Å². The molecule has 102 valence electrons. The van der Waals surface area contributed by atoms with Gasteiger partial charge in [-0.15, -0.1) is 10.2 Å². The van der Waals surface area contributed by atoms with E-state index in [-0.39, 0.29) is 0 Å². The Morgan fingerprint density at radius 3 is 2.84 bits per heavy atom. The number of nitrogens with zero attached hydrogens (tertiary/aromatic N) is 2. The van der Waals surface area contributed by atoms with E-state index >= 15 is 0 Å². The van der Waals surface area contributed by atoms with Gasteiger partial charge in [-0.25, -0.2) is 0 Å². The van der Waals surface area contributed by atoms with Crippen LogP contribution < -0.4 is 5.32 Å². The standard InChI is InChI=1S/C13H15Cl2N3S/c1-2-16-7-3-4-12-17-18-13(19-12)10-6-5-9(14)8-11(10)15/h5-6,8,16H,2-4,7H2,1H3. The molecule has 0 bridgehead atoms. The molecule has 0 radical (unpaired) electrons. The van der Waals surface area contributed by atoms with Crippen molar-refractivity contribution in [1.29, 1.82) is 0 Å². The summed E-state index contributed by atoms with van der Waals surface area (Å²) in [7, 11) is 0. The van der Waals surface area contributed by atoms with Gasteiger partial charge in [-0.05, 0) is 37.7 Å². The van der Waals surface area contributed by atoms with Crippen LogP contribution in [0.4, 0.5) is 0 Å². The van der Waals surface area contributed by atoms with E-state index < -0.39 is 0 Å². The van der Waals surface area contributed by atoms with Crippen LogP contribution in [-0.4, -0.2) is 23.3 Å². The fraction of sp³-hybridized carbons (Fsp3) is 0.385. The zero-order chi connectivity index (χ0) is 13.7. The predicted molar refractivity (Wildman–Crippen MR) is 82.2 cm³/mol. The van der Waals surface area contributed by atoms with Crippen LogP contribution in [0.15, 0.2) is 18.2 Å². The predicted octanol–water partition coefficient (Wildman–Crippen LogP) is 4.05. The Kier molecular flexibility index (Phi) is 5.58. The minimum Gasteiger partial charge on any atom is -0.317 e. The smallest absolute Gasteiger partial charge is 0.149 e. The SMILES string of the molecule is CCNCCCc1nnc(-c2ccc(Cl)cc2Cl)s1. The van der Waals surface area contributed by atoms with Crippen molar-refractivity contribution in [2.45, 2.75) is 19.8 Å². The molecule has 19 heavy (non-hydrogen) atoms. The summed E-state index contributed by atoms with van der Waals surface area (Å²) in [5.74, 6) is 0. The second-order valence-electron chi connectivity index (χ2n) is 4.08. The van der Waals surface area contributed by atoms with Crippen LogP contribution >= 0.6 is 34.5 Å². The molecule has 0 fully saturated rings. The first-order valence-electron chi connectivity index (χ1n) is 6.19. The van der Waals surface area contributed by atoms with Crippen LogP contribution in [0.1, 0.15) is 18.4 Å². The van der Waals surface area contributed by atoms with Crippen molar-refractivity contribution in [2.24, 2.45) is 0 Å². The molecule has 6 heteroatoms. The van der Waals surface area contributed by atoms with E-state index in [2.05, 4.69) is 22.4 Å². The maximum Gasteiger partial charge on any atom is 0.149 e. The van der Waals surface area contributed by atoms with Crippen LogP contribution in [0.3, 0.4) is 0 Å². The van der Waals surface area contributed by atoms with Crippen LogP contribution in [0.25, 0.3) is 10.6 Å². The molecule has 1 aromatic carbocycles. The second kappa shape index (κ2) is 7.20. The summed E-state index contributed by atoms with van der Waals surface area (Å²) in [5.41, 5.74) is 0.890. The third kappa shape index (κ3) is 4.14. The van der Waals surface area contributed by atoms with E-state index in [0.717, 1.165) is 41.5 Å². The van der Waals surface area contributed by atoms with Crippen LogP contribution in [0, 0.1) is 0 Å². The molecule has 0 aliphatic rings. The third-order valence-corrected chi connectivity index (χ3v) is 4.19. The maximum absolute atomic E-state index is 6.16. The van der Waals surface area contributed by atoms with Crippen LogP contribution in [0.2, 0.25) is 10.0 Å². The van der Waals surface area contributed by atoms with Gasteiger partial charge in [0.25, 0.3) is 0 Å². The highest BCUT2D eigenvalue weighted by Crippen LogP contribution is 2.32. The minimum absolute atomic E-state index is 0.614. The Bertz CT molecular complexity index is 542. The van der Waals surface area contributed by atoms with E-state index in [4.69, 9.17) is 23.2 Å². The summed E-state index contributed by atoms with van der Waals surface area (Å²) in [6.07, 6.45) is 2.01. The van der Waals surface area contributed by atoms with Crippen molar-refractivity contribution in [3.05, 3.63) is 33.3 Å². The Hall–Kier alpha value is -0.680. The quantitative estimate of drug-likeness (QED) is 0.817. The van der Waals surface area contributed by atoms with Gasteiger partial charge in [0.15, 0.2) is 0 Å². The lowest BCUT2D eigenvalue weighted by Crippen LogP contribution is -2.14. The fourth-order valence-corrected chi connectivity index (χ4v) is 3.14. The number of halogens is 2. The molecule has 0 spiro atoms. The highest BCUT2D eigenvalue weighted by molar-refractivity contribution is 7.14. The zero-order valence-electron chi connectivity index (χ0n) is 10.6. The second-order valence-corrected chi connectivity index (χ2v) is 5.99. The number of aromatic nitrogens is 2. The first-order chi connectivity index (χ1) is 9.20. The van der Waals surface area contributed by atoms with Crippen molar-refractivity contribution in [2.75, 3.05) is 13.1 Å². The summed E-state index contributed by atoms with van der Waals surface area (Å²) < 4.78 is 0. The largest absolute Gasteiger partial charge is 0.317 e. The molecule has 1 heterocycles. The topological polar surface area (TPSA) is 37.8 Å². The summed E-state index contributed by atoms with van der Waals surface area (Å²) in [5, 5.41) is 14.8. The van der Waals surface area contributed by atoms with E-state index in [1.54, 1.807) is 17.4 Å². The van der Waals surface area contributed by atoms with E-state index in [1.807, 2.05) is 12.1 Å². The highest BCUT2D eigenvalue weighted by Gasteiger charge is 2.10. The molecule has 0 amide bonds. The molecule has 0 saturated carbocycles. The lowest BCUT2D eigenvalue weighted by atomic mass is 10.2. The number of hydrogen-bond acceptors (Lipinski definition) is 4. The number of rotatable bonds is 6. The van der Waals surface area contributed by atoms with Crippen molar-refractivity contribution in [1.82, 2.24) is 15.5 Å². The number of aryl methyl sites for hydroxylation is 1. The van der Waals surface area contributed by atoms with Gasteiger partial charge < -0.3 is 5.32 Å². The fourth-order valence-electron chi connectivity index (χ4n) is 1.67. The Morgan fingerprint density at radius 2 is 2.11 bits per heavy atom. The van der Waals surface area contributed by atoms with Crippen LogP contribution in [0.5, 0.6) is 0 Å². The molecule has 2 aromatic rings. The van der Waals surface area contributed by atoms with Crippen molar-refractivity contribution in [3.8, 4) is 10.6 Å². The van der Waals surface area contributed by atoms with Gasteiger partial charge in [-0.3, -0.25) is 0 Å².